The van der Waals surface area contributed by atoms with Crippen LogP contribution in [0.2, 0.25) is 0 Å². The fraction of sp³-hybridized carbons (Fsp3) is 0.414. The maximum Gasteiger partial charge on any atom is 0.119 e. The molecule has 0 saturated heterocycles. The summed E-state index contributed by atoms with van der Waals surface area (Å²) < 4.78 is 5.88. The Morgan fingerprint density at radius 2 is 1.80 bits per heavy atom. The Kier molecular flexibility index (Phi) is 12.6. The summed E-state index contributed by atoms with van der Waals surface area (Å²) in [5.74, 6) is 0.735. The Morgan fingerprint density at radius 1 is 1.11 bits per heavy atom. The first-order chi connectivity index (χ1) is 16.9. The van der Waals surface area contributed by atoms with Crippen LogP contribution in [0.15, 0.2) is 82.5 Å². The molecule has 0 heterocycles. The van der Waals surface area contributed by atoms with Gasteiger partial charge in [0.2, 0.25) is 0 Å². The summed E-state index contributed by atoms with van der Waals surface area (Å²) in [7, 11) is 1.47. The first-order valence-electron chi connectivity index (χ1n) is 12.2. The number of halogens is 1. The Bertz CT molecular complexity index is 971. The zero-order chi connectivity index (χ0) is 25.6. The lowest BCUT2D eigenvalue weighted by Crippen LogP contribution is -2.33. The zero-order valence-electron chi connectivity index (χ0n) is 21.5. The summed E-state index contributed by atoms with van der Waals surface area (Å²) >= 11 is 6.66. The number of nitrogens with zero attached hydrogens (tertiary/aromatic N) is 1. The molecule has 0 saturated carbocycles. The van der Waals surface area contributed by atoms with Crippen molar-refractivity contribution >= 4 is 17.3 Å². The summed E-state index contributed by atoms with van der Waals surface area (Å²) in [4.78, 5) is 4.78. The van der Waals surface area contributed by atoms with Crippen molar-refractivity contribution < 1.29 is 14.7 Å². The summed E-state index contributed by atoms with van der Waals surface area (Å²) in [6.45, 7) is 8.53. The van der Waals surface area contributed by atoms with Crippen molar-refractivity contribution in [1.29, 1.82) is 0 Å². The predicted molar refractivity (Wildman–Crippen MR) is 146 cm³/mol. The van der Waals surface area contributed by atoms with Crippen LogP contribution >= 0.6 is 11.6 Å². The van der Waals surface area contributed by atoms with Gasteiger partial charge < -0.3 is 20.0 Å². The van der Waals surface area contributed by atoms with Gasteiger partial charge in [0, 0.05) is 17.0 Å². The number of benzene rings is 2. The molecule has 0 fully saturated rings. The van der Waals surface area contributed by atoms with Crippen LogP contribution in [-0.2, 0) is 11.3 Å². The van der Waals surface area contributed by atoms with Crippen molar-refractivity contribution in [3.63, 3.8) is 0 Å². The molecule has 0 amide bonds. The summed E-state index contributed by atoms with van der Waals surface area (Å²) in [6.07, 6.45) is 5.91. The van der Waals surface area contributed by atoms with Gasteiger partial charge in [0.05, 0.1) is 25.0 Å². The van der Waals surface area contributed by atoms with Gasteiger partial charge in [-0.2, -0.15) is 0 Å². The van der Waals surface area contributed by atoms with Crippen LogP contribution in [0.25, 0.3) is 0 Å². The second-order valence-corrected chi connectivity index (χ2v) is 9.01. The van der Waals surface area contributed by atoms with Crippen molar-refractivity contribution in [3.05, 3.63) is 88.5 Å². The lowest BCUT2D eigenvalue weighted by Gasteiger charge is -2.26. The minimum atomic E-state index is -0.152. The van der Waals surface area contributed by atoms with Gasteiger partial charge in [-0.25, -0.2) is 0 Å². The molecular formula is C29H39ClN2O3. The molecule has 2 aromatic carbocycles. The van der Waals surface area contributed by atoms with E-state index < -0.39 is 0 Å². The predicted octanol–water partition coefficient (Wildman–Crippen LogP) is 6.44. The van der Waals surface area contributed by atoms with Crippen molar-refractivity contribution in [2.75, 3.05) is 20.3 Å². The number of aliphatic hydroxyl groups excluding tert-OH is 1. The molecule has 0 aliphatic heterocycles. The number of oxime groups is 1. The van der Waals surface area contributed by atoms with Gasteiger partial charge >= 0.3 is 0 Å². The average molecular weight is 499 g/mol. The SMILES string of the molecule is C/C=C(\C(Cl)=C/CC)C(NC(C)Cc1ccc(OCC(C)/C(CO)=N\OC)cc1)c1ccccc1. The number of hydrogen-bond donors (Lipinski definition) is 2. The van der Waals surface area contributed by atoms with E-state index in [1.54, 1.807) is 0 Å². The Balaban J connectivity index is 2.05. The molecule has 35 heavy (non-hydrogen) atoms. The third kappa shape index (κ3) is 9.17. The van der Waals surface area contributed by atoms with Crippen molar-refractivity contribution in [2.45, 2.75) is 52.6 Å². The van der Waals surface area contributed by atoms with E-state index in [2.05, 4.69) is 72.9 Å². The van der Waals surface area contributed by atoms with Gasteiger partial charge in [-0.15, -0.1) is 0 Å². The van der Waals surface area contributed by atoms with E-state index in [1.165, 1.54) is 18.2 Å². The van der Waals surface area contributed by atoms with E-state index in [0.717, 1.165) is 29.2 Å². The van der Waals surface area contributed by atoms with Gasteiger partial charge in [-0.1, -0.05) is 85.2 Å². The third-order valence-corrected chi connectivity index (χ3v) is 6.14. The van der Waals surface area contributed by atoms with Crippen LogP contribution in [0.4, 0.5) is 0 Å². The maximum absolute atomic E-state index is 9.40. The third-order valence-electron chi connectivity index (χ3n) is 5.77. The lowest BCUT2D eigenvalue weighted by molar-refractivity contribution is 0.202. The van der Waals surface area contributed by atoms with Crippen molar-refractivity contribution in [3.8, 4) is 5.75 Å². The molecule has 0 bridgehead atoms. The van der Waals surface area contributed by atoms with E-state index >= 15 is 0 Å². The summed E-state index contributed by atoms with van der Waals surface area (Å²) in [6, 6.07) is 18.8. The van der Waals surface area contributed by atoms with Gasteiger partial charge in [0.1, 0.15) is 12.9 Å². The van der Waals surface area contributed by atoms with E-state index in [4.69, 9.17) is 21.2 Å². The van der Waals surface area contributed by atoms with Gasteiger partial charge in [-0.05, 0) is 55.5 Å². The number of nitrogens with one attached hydrogen (secondary N) is 1. The summed E-state index contributed by atoms with van der Waals surface area (Å²) in [5, 5.41) is 17.8. The molecule has 3 atom stereocenters. The minimum Gasteiger partial charge on any atom is -0.493 e. The fourth-order valence-electron chi connectivity index (χ4n) is 3.88. The van der Waals surface area contributed by atoms with Gasteiger partial charge in [0.25, 0.3) is 0 Å². The van der Waals surface area contributed by atoms with Crippen LogP contribution in [0, 0.1) is 5.92 Å². The molecule has 2 rings (SSSR count). The molecule has 3 unspecified atom stereocenters. The lowest BCUT2D eigenvalue weighted by atomic mass is 9.95. The van der Waals surface area contributed by atoms with Gasteiger partial charge in [0.15, 0.2) is 0 Å². The summed E-state index contributed by atoms with van der Waals surface area (Å²) in [5.41, 5.74) is 4.05. The molecule has 6 heteroatoms. The number of allylic oxidation sites excluding steroid dienone is 2. The Labute approximate surface area is 215 Å². The highest BCUT2D eigenvalue weighted by atomic mass is 35.5. The largest absolute Gasteiger partial charge is 0.493 e. The average Bonchev–Trinajstić information content (AvgIpc) is 2.87. The quantitative estimate of drug-likeness (QED) is 0.179. The fourth-order valence-corrected chi connectivity index (χ4v) is 4.25. The van der Waals surface area contributed by atoms with Crippen LogP contribution in [0.5, 0.6) is 5.75 Å². The standard InChI is InChI=1S/C29H39ClN2O3/c1-6-11-27(30)26(7-2)29(24-12-9-8-10-13-24)31-22(4)18-23-14-16-25(17-15-23)35-20-21(3)28(19-33)32-34-5/h7-17,21-22,29,31,33H,6,18-20H2,1-5H3/b26-7+,27-11+,32-28-. The second-order valence-electron chi connectivity index (χ2n) is 8.60. The molecule has 0 spiro atoms. The number of ether oxygens (including phenoxy) is 1. The first-order valence-corrected chi connectivity index (χ1v) is 12.6. The molecule has 0 aliphatic carbocycles. The highest BCUT2D eigenvalue weighted by Crippen LogP contribution is 2.30. The van der Waals surface area contributed by atoms with Crippen LogP contribution in [0.3, 0.4) is 0 Å². The van der Waals surface area contributed by atoms with Crippen LogP contribution in [-0.4, -0.2) is 37.2 Å². The Morgan fingerprint density at radius 3 is 2.37 bits per heavy atom. The molecule has 2 aromatic rings. The molecule has 5 nitrogen and oxygen atoms in total. The zero-order valence-corrected chi connectivity index (χ0v) is 22.3. The van der Waals surface area contributed by atoms with E-state index in [0.29, 0.717) is 12.3 Å². The van der Waals surface area contributed by atoms with Crippen molar-refractivity contribution in [2.24, 2.45) is 11.1 Å². The topological polar surface area (TPSA) is 63.1 Å². The minimum absolute atomic E-state index is 0.00470. The highest BCUT2D eigenvalue weighted by molar-refractivity contribution is 6.32. The number of rotatable bonds is 14. The van der Waals surface area contributed by atoms with Crippen molar-refractivity contribution in [1.82, 2.24) is 5.32 Å². The molecule has 0 aliphatic rings. The maximum atomic E-state index is 9.40. The first kappa shape index (κ1) is 28.6. The number of aliphatic hydroxyl groups is 1. The van der Waals surface area contributed by atoms with Gasteiger partial charge in [-0.3, -0.25) is 0 Å². The van der Waals surface area contributed by atoms with Crippen LogP contribution in [0.1, 0.15) is 51.3 Å². The molecular weight excluding hydrogens is 460 g/mol. The monoisotopic (exact) mass is 498 g/mol. The van der Waals surface area contributed by atoms with E-state index in [-0.39, 0.29) is 24.6 Å². The van der Waals surface area contributed by atoms with Crippen LogP contribution < -0.4 is 10.1 Å². The molecule has 2 N–H and O–H groups in total. The highest BCUT2D eigenvalue weighted by Gasteiger charge is 2.20. The van der Waals surface area contributed by atoms with E-state index in [1.807, 2.05) is 32.0 Å². The second kappa shape index (κ2) is 15.4. The van der Waals surface area contributed by atoms with E-state index in [9.17, 15) is 5.11 Å². The molecule has 190 valence electrons. The molecule has 0 aromatic heterocycles. The normalized spacial score (nSPS) is 15.5. The number of hydrogen-bond acceptors (Lipinski definition) is 5. The Hall–Kier alpha value is -2.60. The smallest absolute Gasteiger partial charge is 0.119 e. The molecule has 0 radical (unpaired) electrons.